The van der Waals surface area contributed by atoms with Gasteiger partial charge in [-0.1, -0.05) is 49.7 Å². The van der Waals surface area contributed by atoms with Crippen LogP contribution in [0, 0.1) is 34.6 Å². The Bertz CT molecular complexity index is 5060. The van der Waals surface area contributed by atoms with E-state index in [1.807, 2.05) is 72.8 Å². The van der Waals surface area contributed by atoms with Crippen molar-refractivity contribution in [2.24, 2.45) is 61.4 Å². The van der Waals surface area contributed by atoms with Gasteiger partial charge in [0.15, 0.2) is 22.1 Å². The molecule has 0 bridgehead atoms. The zero-order chi connectivity index (χ0) is 61.7. The molecule has 2 unspecified atom stereocenters. The van der Waals surface area contributed by atoms with Crippen molar-refractivity contribution in [2.45, 2.75) is 68.7 Å². The summed E-state index contributed by atoms with van der Waals surface area (Å²) in [5, 5.41) is 0. The van der Waals surface area contributed by atoms with Crippen molar-refractivity contribution in [1.82, 2.24) is 64.7 Å². The van der Waals surface area contributed by atoms with Crippen LogP contribution in [-0.4, -0.2) is 107 Å². The number of aliphatic imine (C=N–C) groups is 1. The van der Waals surface area contributed by atoms with Gasteiger partial charge in [-0.25, -0.2) is 51.3 Å². The molecule has 0 aliphatic carbocycles. The SMILES string of the molecule is C.C.CC1=[N+](C)C2C(N=C3C=CC=CN32)N1C.Cc1n(C)c2cc3ccccn3c2[n+]1C.Cc1n(C)c2cc3ccccn3c2[n+]1C.Cc1n(C)c2cc3ccccn3c2[n+]1C.Cc1nc2c(c[n+]3ccccn23)n1C.Cc1nc2cn3ccccc3c2n1C. The van der Waals surface area contributed by atoms with E-state index in [9.17, 15) is 0 Å². The molecule has 18 heterocycles. The molecule has 20 nitrogen and oxygen atoms in total. The first kappa shape index (κ1) is 61.2. The molecule has 2 atom stereocenters. The quantitative estimate of drug-likeness (QED) is 0.141. The maximum atomic E-state index is 4.72. The van der Waals surface area contributed by atoms with E-state index < -0.39 is 0 Å². The number of fused-ring (bicyclic) bond motifs is 18. The van der Waals surface area contributed by atoms with Crippen LogP contribution in [0.1, 0.15) is 50.9 Å². The van der Waals surface area contributed by atoms with Crippen LogP contribution < -0.4 is 18.2 Å². The number of nitrogens with zero attached hydrogens (tertiary/aromatic N) is 20. The Kier molecular flexibility index (Phi) is 16.0. The van der Waals surface area contributed by atoms with Crippen molar-refractivity contribution in [3.05, 3.63) is 206 Å². The summed E-state index contributed by atoms with van der Waals surface area (Å²) in [7, 11) is 21.0. The number of pyridine rings is 4. The van der Waals surface area contributed by atoms with Crippen LogP contribution in [0.15, 0.2) is 182 Å². The molecule has 15 aromatic heterocycles. The standard InChI is InChI=1S/3C12H14N3.C11H15N4.C11H11N3.C10H11N4.2CH4/c3*1-9-13(2)11-8-10-6-4-5-7-15(10)12(11)14(9)3;1-8-13(2)10-11(14(8)3)15-7-5-4-6-9(15)12-10;1-8-12-9-7-14-6-4-3-5-10(14)11(9)13(8)2;1-8-11-10-9(12(8)2)7-13-5-3-4-6-14(10)13;;/h3*4-8H,1-3H3;4-7,10-11H,1-3H3;2*3-7H,1-2H3;2*1H4/q4*+1;;+1;;. The molecule has 462 valence electrons. The summed E-state index contributed by atoms with van der Waals surface area (Å²) in [6, 6.07) is 35.7. The molecule has 0 saturated carbocycles. The first-order valence-electron chi connectivity index (χ1n) is 29.8. The summed E-state index contributed by atoms with van der Waals surface area (Å²) in [5.41, 5.74) is 17.0. The number of rotatable bonds is 0. The molecule has 18 rings (SSSR count). The van der Waals surface area contributed by atoms with Gasteiger partial charge in [-0.2, -0.15) is 0 Å². The molecule has 15 aromatic rings. The zero-order valence-electron chi connectivity index (χ0n) is 53.3. The Morgan fingerprint density at radius 3 is 1.51 bits per heavy atom. The topological polar surface area (TPSA) is 110 Å². The molecule has 0 fully saturated rings. The predicted molar refractivity (Wildman–Crippen MR) is 361 cm³/mol. The van der Waals surface area contributed by atoms with E-state index in [0.29, 0.717) is 6.17 Å². The Morgan fingerprint density at radius 1 is 0.489 bits per heavy atom. The molecule has 0 amide bonds. The summed E-state index contributed by atoms with van der Waals surface area (Å²) < 4.78 is 32.7. The molecule has 0 radical (unpaired) electrons. The first-order valence-corrected chi connectivity index (χ1v) is 29.8. The molecule has 20 heteroatoms. The van der Waals surface area contributed by atoms with Gasteiger partial charge in [0.2, 0.25) is 53.7 Å². The van der Waals surface area contributed by atoms with Gasteiger partial charge in [0.1, 0.15) is 39.6 Å². The average molecular weight is 1210 g/mol. The fourth-order valence-electron chi connectivity index (χ4n) is 12.8. The Balaban J connectivity index is 0.000000111. The lowest BCUT2D eigenvalue weighted by Crippen LogP contribution is -2.42. The van der Waals surface area contributed by atoms with Gasteiger partial charge >= 0.3 is 0 Å². The summed E-state index contributed by atoms with van der Waals surface area (Å²) >= 11 is 0. The van der Waals surface area contributed by atoms with Crippen molar-refractivity contribution >= 4 is 89.4 Å². The highest BCUT2D eigenvalue weighted by molar-refractivity contribution is 5.97. The Hall–Kier alpha value is -10.5. The number of allylic oxidation sites excluding steroid dienone is 2. The third kappa shape index (κ3) is 9.77. The average Bonchev–Trinajstić information content (AvgIpc) is 1.66. The van der Waals surface area contributed by atoms with Gasteiger partial charge in [0.25, 0.3) is 16.9 Å². The van der Waals surface area contributed by atoms with E-state index >= 15 is 0 Å². The van der Waals surface area contributed by atoms with Crippen molar-refractivity contribution < 1.29 is 22.8 Å². The highest BCUT2D eigenvalue weighted by Gasteiger charge is 2.50. The molecule has 0 spiro atoms. The van der Waals surface area contributed by atoms with Gasteiger partial charge in [0, 0.05) is 84.6 Å². The van der Waals surface area contributed by atoms with Gasteiger partial charge in [-0.15, -0.1) is 4.52 Å². The lowest BCUT2D eigenvalue weighted by molar-refractivity contribution is -0.654. The van der Waals surface area contributed by atoms with Gasteiger partial charge < -0.3 is 13.5 Å². The van der Waals surface area contributed by atoms with Crippen molar-refractivity contribution in [3.8, 4) is 0 Å². The molecular formula is C70H87N20+5. The van der Waals surface area contributed by atoms with Gasteiger partial charge in [-0.05, 0) is 80.6 Å². The fourth-order valence-corrected chi connectivity index (χ4v) is 12.8. The summed E-state index contributed by atoms with van der Waals surface area (Å²) in [5.74, 6) is 8.22. The summed E-state index contributed by atoms with van der Waals surface area (Å²) in [6.07, 6.45) is 25.4. The highest BCUT2D eigenvalue weighted by Crippen LogP contribution is 2.29. The van der Waals surface area contributed by atoms with Crippen LogP contribution in [0.3, 0.4) is 0 Å². The lowest BCUT2D eigenvalue weighted by atomic mass is 10.3. The minimum absolute atomic E-state index is 0. The molecule has 0 N–H and O–H groups in total. The monoisotopic (exact) mass is 1210 g/mol. The summed E-state index contributed by atoms with van der Waals surface area (Å²) in [4.78, 5) is 18.2. The van der Waals surface area contributed by atoms with Crippen LogP contribution >= 0.6 is 0 Å². The highest BCUT2D eigenvalue weighted by atomic mass is 15.5. The van der Waals surface area contributed by atoms with E-state index in [4.69, 9.17) is 4.99 Å². The number of hydrogen-bond donors (Lipinski definition) is 0. The Morgan fingerprint density at radius 2 is 0.978 bits per heavy atom. The number of aromatic nitrogens is 16. The third-order valence-electron chi connectivity index (χ3n) is 18.7. The number of aryl methyl sites for hydroxylation is 10. The van der Waals surface area contributed by atoms with E-state index in [0.717, 1.165) is 34.2 Å². The lowest BCUT2D eigenvalue weighted by Gasteiger charge is -2.21. The van der Waals surface area contributed by atoms with Crippen molar-refractivity contribution in [3.63, 3.8) is 0 Å². The number of likely N-dealkylation sites (N-methyl/N-ethyl adjacent to an activating group) is 2. The van der Waals surface area contributed by atoms with Crippen LogP contribution in [0.25, 0.3) is 77.8 Å². The molecule has 3 aliphatic rings. The predicted octanol–water partition coefficient (Wildman–Crippen LogP) is 9.26. The molecular weight excluding hydrogens is 1120 g/mol. The smallest absolute Gasteiger partial charge is 0.272 e. The van der Waals surface area contributed by atoms with Crippen LogP contribution in [-0.2, 0) is 56.4 Å². The molecule has 0 saturated heterocycles. The molecule has 3 aliphatic heterocycles. The van der Waals surface area contributed by atoms with Crippen LogP contribution in [0.2, 0.25) is 0 Å². The second-order valence-corrected chi connectivity index (χ2v) is 23.3. The van der Waals surface area contributed by atoms with Gasteiger partial charge in [-0.3, -0.25) is 18.6 Å². The maximum Gasteiger partial charge on any atom is 0.272 e. The van der Waals surface area contributed by atoms with Crippen molar-refractivity contribution in [1.29, 1.82) is 0 Å². The number of imidazole rings is 5. The van der Waals surface area contributed by atoms with Gasteiger partial charge in [0.05, 0.1) is 92.2 Å². The Labute approximate surface area is 525 Å². The van der Waals surface area contributed by atoms with Crippen LogP contribution in [0.4, 0.5) is 0 Å². The normalized spacial score (nSPS) is 14.8. The van der Waals surface area contributed by atoms with E-state index in [1.165, 1.54) is 84.4 Å². The maximum absolute atomic E-state index is 4.72. The first-order chi connectivity index (χ1) is 42.3. The second-order valence-electron chi connectivity index (χ2n) is 23.3. The summed E-state index contributed by atoms with van der Waals surface area (Å²) in [6.45, 7) is 12.6. The number of amidine groups is 2. The van der Waals surface area contributed by atoms with Crippen LogP contribution in [0.5, 0.6) is 0 Å². The van der Waals surface area contributed by atoms with E-state index in [2.05, 4.69) is 304 Å². The zero-order valence-corrected chi connectivity index (χ0v) is 53.3. The van der Waals surface area contributed by atoms with Crippen molar-refractivity contribution in [2.75, 3.05) is 14.1 Å². The second kappa shape index (κ2) is 23.5. The third-order valence-corrected chi connectivity index (χ3v) is 18.7. The minimum atomic E-state index is 0. The fraction of sp³-hybridized carbons (Fsp3) is 0.286. The minimum Gasteiger partial charge on any atom is -0.330 e. The molecule has 0 aromatic carbocycles. The largest absolute Gasteiger partial charge is 0.330 e. The van der Waals surface area contributed by atoms with E-state index in [-0.39, 0.29) is 21.0 Å². The molecule has 90 heavy (non-hydrogen) atoms. The number of hydrogen-bond acceptors (Lipinski definition) is 5. The van der Waals surface area contributed by atoms with E-state index in [1.54, 1.807) is 0 Å².